The van der Waals surface area contributed by atoms with Crippen molar-refractivity contribution in [3.05, 3.63) is 21.9 Å². The van der Waals surface area contributed by atoms with Crippen LogP contribution in [0.2, 0.25) is 0 Å². The zero-order chi connectivity index (χ0) is 14.4. The first kappa shape index (κ1) is 15.6. The van der Waals surface area contributed by atoms with Gasteiger partial charge in [-0.05, 0) is 42.7 Å². The number of carbonyl (C=O) groups excluding carboxylic acids is 1. The molecule has 0 aliphatic heterocycles. The molecule has 0 spiro atoms. The van der Waals surface area contributed by atoms with E-state index in [0.29, 0.717) is 5.91 Å². The lowest BCUT2D eigenvalue weighted by Crippen LogP contribution is -2.25. The smallest absolute Gasteiger partial charge is 0.222 e. The summed E-state index contributed by atoms with van der Waals surface area (Å²) in [4.78, 5) is 15.4. The van der Waals surface area contributed by atoms with Crippen molar-refractivity contribution < 1.29 is 4.79 Å². The quantitative estimate of drug-likeness (QED) is 0.740. The Morgan fingerprint density at radius 1 is 1.35 bits per heavy atom. The molecule has 0 unspecified atom stereocenters. The van der Waals surface area contributed by atoms with Crippen LogP contribution in [0.1, 0.15) is 61.8 Å². The first-order valence-electron chi connectivity index (χ1n) is 7.93. The van der Waals surface area contributed by atoms with Crippen molar-refractivity contribution in [3.63, 3.8) is 0 Å². The van der Waals surface area contributed by atoms with Crippen molar-refractivity contribution >= 4 is 17.2 Å². The number of hydrogen-bond donors (Lipinski definition) is 0. The zero-order valence-electron chi connectivity index (χ0n) is 12.9. The number of hydrogen-bond acceptors (Lipinski definition) is 2. The van der Waals surface area contributed by atoms with Crippen molar-refractivity contribution in [1.29, 1.82) is 0 Å². The van der Waals surface area contributed by atoms with Crippen LogP contribution in [-0.2, 0) is 11.3 Å². The molecule has 0 bridgehead atoms. The Kier molecular flexibility index (Phi) is 6.08. The molecule has 20 heavy (non-hydrogen) atoms. The molecule has 1 saturated carbocycles. The molecule has 1 heterocycles. The van der Waals surface area contributed by atoms with Crippen LogP contribution in [0.3, 0.4) is 0 Å². The second kappa shape index (κ2) is 7.82. The minimum Gasteiger partial charge on any atom is -0.341 e. The SMILES string of the molecule is Cc1ccsc1CN(C)C(=O)CCCC1CCCCC1. The molecule has 0 atom stereocenters. The van der Waals surface area contributed by atoms with Crippen LogP contribution in [0.15, 0.2) is 11.4 Å². The molecule has 1 fully saturated rings. The standard InChI is InChI=1S/C17H27NOS/c1-14-11-12-20-16(14)13-18(2)17(19)10-6-9-15-7-4-3-5-8-15/h11-12,15H,3-10,13H2,1-2H3. The van der Waals surface area contributed by atoms with E-state index in [1.54, 1.807) is 11.3 Å². The Balaban J connectivity index is 1.67. The van der Waals surface area contributed by atoms with Gasteiger partial charge in [-0.1, -0.05) is 32.1 Å². The number of nitrogens with zero attached hydrogens (tertiary/aromatic N) is 1. The van der Waals surface area contributed by atoms with Gasteiger partial charge in [0.15, 0.2) is 0 Å². The van der Waals surface area contributed by atoms with E-state index in [1.807, 2.05) is 11.9 Å². The van der Waals surface area contributed by atoms with Gasteiger partial charge in [-0.3, -0.25) is 4.79 Å². The number of aryl methyl sites for hydroxylation is 1. The van der Waals surface area contributed by atoms with Gasteiger partial charge in [-0.25, -0.2) is 0 Å². The van der Waals surface area contributed by atoms with Crippen LogP contribution >= 0.6 is 11.3 Å². The highest BCUT2D eigenvalue weighted by molar-refractivity contribution is 7.10. The minimum atomic E-state index is 0.300. The van der Waals surface area contributed by atoms with Crippen LogP contribution in [-0.4, -0.2) is 17.9 Å². The van der Waals surface area contributed by atoms with E-state index in [4.69, 9.17) is 0 Å². The minimum absolute atomic E-state index is 0.300. The average Bonchev–Trinajstić information content (AvgIpc) is 2.85. The Morgan fingerprint density at radius 2 is 2.10 bits per heavy atom. The zero-order valence-corrected chi connectivity index (χ0v) is 13.7. The molecule has 0 radical (unpaired) electrons. The van der Waals surface area contributed by atoms with Gasteiger partial charge in [0.05, 0.1) is 6.54 Å². The van der Waals surface area contributed by atoms with E-state index < -0.39 is 0 Å². The molecule has 0 aromatic carbocycles. The van der Waals surface area contributed by atoms with E-state index in [0.717, 1.165) is 25.3 Å². The van der Waals surface area contributed by atoms with E-state index in [-0.39, 0.29) is 0 Å². The number of thiophene rings is 1. The average molecular weight is 293 g/mol. The molecule has 2 rings (SSSR count). The van der Waals surface area contributed by atoms with Gasteiger partial charge < -0.3 is 4.90 Å². The first-order chi connectivity index (χ1) is 9.66. The summed E-state index contributed by atoms with van der Waals surface area (Å²) < 4.78 is 0. The van der Waals surface area contributed by atoms with Crippen molar-refractivity contribution in [1.82, 2.24) is 4.90 Å². The molecular weight excluding hydrogens is 266 g/mol. The molecule has 112 valence electrons. The number of carbonyl (C=O) groups is 1. The van der Waals surface area contributed by atoms with Crippen molar-refractivity contribution in [2.75, 3.05) is 7.05 Å². The predicted octanol–water partition coefficient (Wildman–Crippen LogP) is 4.77. The van der Waals surface area contributed by atoms with Gasteiger partial charge in [0.2, 0.25) is 5.91 Å². The summed E-state index contributed by atoms with van der Waals surface area (Å²) >= 11 is 1.75. The first-order valence-corrected chi connectivity index (χ1v) is 8.81. The Bertz CT molecular complexity index is 420. The van der Waals surface area contributed by atoms with Crippen molar-refractivity contribution in [3.8, 4) is 0 Å². The third kappa shape index (κ3) is 4.62. The van der Waals surface area contributed by atoms with Crippen LogP contribution in [0, 0.1) is 12.8 Å². The van der Waals surface area contributed by atoms with Crippen LogP contribution < -0.4 is 0 Å². The van der Waals surface area contributed by atoms with Gasteiger partial charge in [-0.2, -0.15) is 0 Å². The summed E-state index contributed by atoms with van der Waals surface area (Å²) in [6.07, 6.45) is 10.0. The van der Waals surface area contributed by atoms with E-state index >= 15 is 0 Å². The summed E-state index contributed by atoms with van der Waals surface area (Å²) in [5.41, 5.74) is 1.30. The summed E-state index contributed by atoms with van der Waals surface area (Å²) in [5.74, 6) is 1.19. The van der Waals surface area contributed by atoms with Gasteiger partial charge in [0, 0.05) is 18.3 Å². The molecule has 2 nitrogen and oxygen atoms in total. The molecule has 3 heteroatoms. The molecule has 1 amide bonds. The Hall–Kier alpha value is -0.830. The van der Waals surface area contributed by atoms with Crippen LogP contribution in [0.25, 0.3) is 0 Å². The van der Waals surface area contributed by atoms with Crippen molar-refractivity contribution in [2.45, 2.75) is 64.8 Å². The fourth-order valence-corrected chi connectivity index (χ4v) is 4.04. The largest absolute Gasteiger partial charge is 0.341 e. The fourth-order valence-electron chi connectivity index (χ4n) is 3.08. The van der Waals surface area contributed by atoms with Crippen LogP contribution in [0.5, 0.6) is 0 Å². The summed E-state index contributed by atoms with van der Waals surface area (Å²) in [6, 6.07) is 2.13. The topological polar surface area (TPSA) is 20.3 Å². The highest BCUT2D eigenvalue weighted by Gasteiger charge is 2.15. The molecule has 1 aromatic heterocycles. The highest BCUT2D eigenvalue weighted by atomic mass is 32.1. The molecule has 0 saturated heterocycles. The Morgan fingerprint density at radius 3 is 2.75 bits per heavy atom. The van der Waals surface area contributed by atoms with Gasteiger partial charge in [-0.15, -0.1) is 11.3 Å². The van der Waals surface area contributed by atoms with E-state index in [1.165, 1.54) is 49.0 Å². The van der Waals surface area contributed by atoms with Gasteiger partial charge >= 0.3 is 0 Å². The Labute approximate surface area is 127 Å². The lowest BCUT2D eigenvalue weighted by molar-refractivity contribution is -0.130. The van der Waals surface area contributed by atoms with Crippen molar-refractivity contribution in [2.24, 2.45) is 5.92 Å². The normalized spacial score (nSPS) is 16.3. The van der Waals surface area contributed by atoms with E-state index in [9.17, 15) is 4.79 Å². The third-order valence-corrected chi connectivity index (χ3v) is 5.51. The maximum atomic E-state index is 12.2. The van der Waals surface area contributed by atoms with Gasteiger partial charge in [0.25, 0.3) is 0 Å². The molecule has 0 N–H and O–H groups in total. The maximum absolute atomic E-state index is 12.2. The number of amides is 1. The predicted molar refractivity (Wildman–Crippen MR) is 86.0 cm³/mol. The third-order valence-electron chi connectivity index (χ3n) is 4.50. The fraction of sp³-hybridized carbons (Fsp3) is 0.706. The summed E-state index contributed by atoms with van der Waals surface area (Å²) in [7, 11) is 1.93. The molecule has 1 aromatic rings. The summed E-state index contributed by atoms with van der Waals surface area (Å²) in [6.45, 7) is 2.89. The molecule has 1 aliphatic carbocycles. The molecular formula is C17H27NOS. The molecule has 1 aliphatic rings. The monoisotopic (exact) mass is 293 g/mol. The number of rotatable bonds is 6. The maximum Gasteiger partial charge on any atom is 0.222 e. The van der Waals surface area contributed by atoms with Gasteiger partial charge in [0.1, 0.15) is 0 Å². The lowest BCUT2D eigenvalue weighted by atomic mass is 9.86. The second-order valence-electron chi connectivity index (χ2n) is 6.17. The summed E-state index contributed by atoms with van der Waals surface area (Å²) in [5, 5.41) is 2.10. The lowest BCUT2D eigenvalue weighted by Gasteiger charge is -2.22. The second-order valence-corrected chi connectivity index (χ2v) is 7.17. The van der Waals surface area contributed by atoms with Crippen LogP contribution in [0.4, 0.5) is 0 Å². The highest BCUT2D eigenvalue weighted by Crippen LogP contribution is 2.27. The van der Waals surface area contributed by atoms with E-state index in [2.05, 4.69) is 18.4 Å².